The first-order chi connectivity index (χ1) is 14.4. The number of hydrogen-bond acceptors (Lipinski definition) is 6. The summed E-state index contributed by atoms with van der Waals surface area (Å²) in [7, 11) is -7.51. The highest BCUT2D eigenvalue weighted by Crippen LogP contribution is 2.28. The Morgan fingerprint density at radius 2 is 0.727 bits per heavy atom. The number of methoxy groups -OCH3 is 1. The third kappa shape index (κ3) is 17.8. The van der Waals surface area contributed by atoms with E-state index < -0.39 is 41.6 Å². The zero-order valence-corrected chi connectivity index (χ0v) is 29.7. The van der Waals surface area contributed by atoms with Gasteiger partial charge in [-0.2, -0.15) is 0 Å². The van der Waals surface area contributed by atoms with Crippen LogP contribution >= 0.6 is 0 Å². The summed E-state index contributed by atoms with van der Waals surface area (Å²) in [4.78, 5) is 0. The zero-order chi connectivity index (χ0) is 26.5. The summed E-state index contributed by atoms with van der Waals surface area (Å²) in [6.07, 6.45) is -1.05. The second-order valence-corrected chi connectivity index (χ2v) is 36.2. The van der Waals surface area contributed by atoms with Crippen LogP contribution in [0.15, 0.2) is 0 Å². The molecule has 0 unspecified atom stereocenters. The van der Waals surface area contributed by atoms with E-state index >= 15 is 0 Å². The van der Waals surface area contributed by atoms with Crippen LogP contribution in [-0.2, 0) is 26.9 Å². The molecule has 11 heteroatoms. The normalized spacial score (nSPS) is 18.2. The van der Waals surface area contributed by atoms with E-state index in [9.17, 15) is 0 Å². The highest BCUT2D eigenvalue weighted by atomic mass is 28.4. The van der Waals surface area contributed by atoms with Crippen molar-refractivity contribution < 1.29 is 26.9 Å². The van der Waals surface area contributed by atoms with E-state index in [4.69, 9.17) is 26.9 Å². The van der Waals surface area contributed by atoms with E-state index in [-0.39, 0.29) is 24.4 Å². The highest BCUT2D eigenvalue weighted by molar-refractivity contribution is 6.71. The summed E-state index contributed by atoms with van der Waals surface area (Å²) in [5.41, 5.74) is 0. The average molecular weight is 557 g/mol. The van der Waals surface area contributed by atoms with Crippen molar-refractivity contribution in [2.75, 3.05) is 20.3 Å². The Bertz CT molecular complexity index is 558. The van der Waals surface area contributed by atoms with Gasteiger partial charge in [-0.05, 0) is 98.2 Å². The van der Waals surface area contributed by atoms with E-state index in [0.29, 0.717) is 13.2 Å². The number of hydrogen-bond donors (Lipinski definition) is 0. The molecule has 0 saturated carbocycles. The molecule has 0 spiro atoms. The Morgan fingerprint density at radius 1 is 0.424 bits per heavy atom. The van der Waals surface area contributed by atoms with Gasteiger partial charge in [0.15, 0.2) is 41.6 Å². The number of ether oxygens (including phenoxy) is 1. The van der Waals surface area contributed by atoms with Gasteiger partial charge in [-0.3, -0.25) is 0 Å². The van der Waals surface area contributed by atoms with Gasteiger partial charge in [0.05, 0.1) is 25.4 Å². The molecule has 0 heterocycles. The minimum atomic E-state index is -1.95. The molecule has 6 nitrogen and oxygen atoms in total. The van der Waals surface area contributed by atoms with Crippen LogP contribution in [0.3, 0.4) is 0 Å². The van der Waals surface area contributed by atoms with Gasteiger partial charge >= 0.3 is 0 Å². The molecule has 200 valence electrons. The van der Waals surface area contributed by atoms with Crippen molar-refractivity contribution in [1.29, 1.82) is 0 Å². The second kappa shape index (κ2) is 12.9. The largest absolute Gasteiger partial charge is 0.415 e. The standard InChI is InChI=1S/C22H56O6Si5/c1-23-19(17-24-29(2,3)4)21(27-32(11,12)13)22(28-33(14,15)16)20(26-31(8,9)10)18-25-30(5,6)7/h19-22H,17-18H2,1-16H3/t19-,20+,21-,22-/m1/s1. The summed E-state index contributed by atoms with van der Waals surface area (Å²) in [6, 6.07) is 0. The summed E-state index contributed by atoms with van der Waals surface area (Å²) < 4.78 is 39.2. The van der Waals surface area contributed by atoms with Crippen molar-refractivity contribution in [3.63, 3.8) is 0 Å². The van der Waals surface area contributed by atoms with E-state index in [1.807, 2.05) is 0 Å². The maximum Gasteiger partial charge on any atom is 0.184 e. The molecule has 0 N–H and O–H groups in total. The smallest absolute Gasteiger partial charge is 0.184 e. The molecule has 0 aliphatic rings. The molecule has 0 aliphatic heterocycles. The van der Waals surface area contributed by atoms with Crippen molar-refractivity contribution in [2.24, 2.45) is 0 Å². The minimum absolute atomic E-state index is 0.221. The van der Waals surface area contributed by atoms with Crippen LogP contribution < -0.4 is 0 Å². The predicted molar refractivity (Wildman–Crippen MR) is 154 cm³/mol. The zero-order valence-electron chi connectivity index (χ0n) is 24.7. The van der Waals surface area contributed by atoms with Crippen LogP contribution in [-0.4, -0.2) is 86.3 Å². The van der Waals surface area contributed by atoms with Crippen LogP contribution in [0.5, 0.6) is 0 Å². The maximum atomic E-state index is 6.88. The van der Waals surface area contributed by atoms with E-state index in [2.05, 4.69) is 98.2 Å². The quantitative estimate of drug-likeness (QED) is 0.206. The van der Waals surface area contributed by atoms with Gasteiger partial charge in [0.2, 0.25) is 0 Å². The molecule has 0 aromatic heterocycles. The van der Waals surface area contributed by atoms with E-state index in [1.54, 1.807) is 7.11 Å². The lowest BCUT2D eigenvalue weighted by atomic mass is 10.0. The predicted octanol–water partition coefficient (Wildman–Crippen LogP) is 6.36. The van der Waals surface area contributed by atoms with Gasteiger partial charge in [0.25, 0.3) is 0 Å². The van der Waals surface area contributed by atoms with Gasteiger partial charge in [-0.1, -0.05) is 0 Å². The molecule has 0 bridgehead atoms. The molecule has 0 radical (unpaired) electrons. The summed E-state index contributed by atoms with van der Waals surface area (Å²) in [5, 5.41) is 0. The molecule has 0 fully saturated rings. The first kappa shape index (κ1) is 33.8. The Hall–Kier alpha value is 0.844. The molecular formula is C22H56O6Si5. The van der Waals surface area contributed by atoms with Gasteiger partial charge in [-0.15, -0.1) is 0 Å². The first-order valence-electron chi connectivity index (χ1n) is 12.3. The Kier molecular flexibility index (Phi) is 13.2. The van der Waals surface area contributed by atoms with Crippen LogP contribution in [0.2, 0.25) is 98.2 Å². The molecule has 0 saturated heterocycles. The molecule has 4 atom stereocenters. The summed E-state index contributed by atoms with van der Waals surface area (Å²) in [6.45, 7) is 34.2. The van der Waals surface area contributed by atoms with Gasteiger partial charge in [-0.25, -0.2) is 0 Å². The monoisotopic (exact) mass is 556 g/mol. The van der Waals surface area contributed by atoms with Crippen LogP contribution in [0, 0.1) is 0 Å². The molecule has 0 amide bonds. The lowest BCUT2D eigenvalue weighted by Crippen LogP contribution is -2.59. The third-order valence-corrected chi connectivity index (χ3v) is 9.24. The molecule has 0 aliphatic carbocycles. The van der Waals surface area contributed by atoms with Crippen molar-refractivity contribution in [3.8, 4) is 0 Å². The van der Waals surface area contributed by atoms with Crippen LogP contribution in [0.1, 0.15) is 0 Å². The second-order valence-electron chi connectivity index (χ2n) is 13.8. The Labute approximate surface area is 211 Å². The fourth-order valence-electron chi connectivity index (χ4n) is 3.14. The molecule has 0 rings (SSSR count). The van der Waals surface area contributed by atoms with Gasteiger partial charge < -0.3 is 26.9 Å². The van der Waals surface area contributed by atoms with Crippen molar-refractivity contribution in [3.05, 3.63) is 0 Å². The molecule has 33 heavy (non-hydrogen) atoms. The lowest BCUT2D eigenvalue weighted by Gasteiger charge is -2.44. The summed E-state index contributed by atoms with van der Waals surface area (Å²) >= 11 is 0. The van der Waals surface area contributed by atoms with Crippen LogP contribution in [0.25, 0.3) is 0 Å². The fraction of sp³-hybridized carbons (Fsp3) is 1.00. The SMILES string of the molecule is CO[C@H](CO[Si](C)(C)C)[C@@H](O[Si](C)(C)C)[C@H](O[Si](C)(C)C)[C@H](CO[Si](C)(C)C)O[Si](C)(C)C. The van der Waals surface area contributed by atoms with E-state index in [0.717, 1.165) is 0 Å². The maximum absolute atomic E-state index is 6.88. The number of rotatable bonds is 16. The lowest BCUT2D eigenvalue weighted by molar-refractivity contribution is -0.111. The van der Waals surface area contributed by atoms with Gasteiger partial charge in [0, 0.05) is 7.11 Å². The van der Waals surface area contributed by atoms with Crippen molar-refractivity contribution in [1.82, 2.24) is 0 Å². The van der Waals surface area contributed by atoms with Crippen molar-refractivity contribution >= 4 is 41.6 Å². The average Bonchev–Trinajstić information content (AvgIpc) is 2.51. The summed E-state index contributed by atoms with van der Waals surface area (Å²) in [5.74, 6) is 0. The molecular weight excluding hydrogens is 501 g/mol. The topological polar surface area (TPSA) is 55.4 Å². The van der Waals surface area contributed by atoms with Gasteiger partial charge in [0.1, 0.15) is 12.2 Å². The van der Waals surface area contributed by atoms with Crippen LogP contribution in [0.4, 0.5) is 0 Å². The Balaban J connectivity index is 6.42. The highest BCUT2D eigenvalue weighted by Gasteiger charge is 2.44. The third-order valence-electron chi connectivity index (χ3n) is 4.20. The molecule has 0 aromatic carbocycles. The Morgan fingerprint density at radius 3 is 1.00 bits per heavy atom. The first-order valence-corrected chi connectivity index (χ1v) is 29.3. The molecule has 0 aromatic rings. The minimum Gasteiger partial charge on any atom is -0.415 e. The van der Waals surface area contributed by atoms with Crippen molar-refractivity contribution in [2.45, 2.75) is 123 Å². The van der Waals surface area contributed by atoms with E-state index in [1.165, 1.54) is 0 Å². The fourth-order valence-corrected chi connectivity index (χ4v) is 7.78.